The molecule has 0 unspecified atom stereocenters. The van der Waals surface area contributed by atoms with Gasteiger partial charge in [-0.2, -0.15) is 0 Å². The Morgan fingerprint density at radius 2 is 1.79 bits per heavy atom. The summed E-state index contributed by atoms with van der Waals surface area (Å²) in [6, 6.07) is 11.8. The van der Waals surface area contributed by atoms with E-state index < -0.39 is 15.8 Å². The number of halogens is 1. The summed E-state index contributed by atoms with van der Waals surface area (Å²) in [5.74, 6) is 0.0501. The molecule has 34 heavy (non-hydrogen) atoms. The fourth-order valence-electron chi connectivity index (χ4n) is 4.84. The standard InChI is InChI=1S/C26H30FN3O3S/c1-18(2)17-26(3)12-15-30(16-13-26)25(31)19-6-8-20(9-7-19)29-34(32,33)23-11-10-22(27)21-5-4-14-28-24(21)23/h4-11,14,18,29H,12-13,15-17H2,1-3H3. The molecule has 6 nitrogen and oxygen atoms in total. The number of carbonyl (C=O) groups excluding carboxylic acids is 1. The molecule has 3 aromatic rings. The fraction of sp³-hybridized carbons (Fsp3) is 0.385. The van der Waals surface area contributed by atoms with Crippen molar-refractivity contribution in [3.8, 4) is 0 Å². The molecule has 1 N–H and O–H groups in total. The van der Waals surface area contributed by atoms with Gasteiger partial charge in [0.2, 0.25) is 0 Å². The van der Waals surface area contributed by atoms with Crippen LogP contribution in [0, 0.1) is 17.2 Å². The number of sulfonamides is 1. The van der Waals surface area contributed by atoms with E-state index in [1.807, 2.05) is 4.90 Å². The van der Waals surface area contributed by atoms with Crippen LogP contribution in [0.5, 0.6) is 0 Å². The van der Waals surface area contributed by atoms with Gasteiger partial charge in [0.1, 0.15) is 10.7 Å². The molecule has 1 aliphatic heterocycles. The van der Waals surface area contributed by atoms with Crippen LogP contribution >= 0.6 is 0 Å². The highest BCUT2D eigenvalue weighted by Gasteiger charge is 2.32. The van der Waals surface area contributed by atoms with Gasteiger partial charge in [0.25, 0.3) is 15.9 Å². The summed E-state index contributed by atoms with van der Waals surface area (Å²) in [6.45, 7) is 8.21. The summed E-state index contributed by atoms with van der Waals surface area (Å²) in [7, 11) is -4.01. The van der Waals surface area contributed by atoms with Gasteiger partial charge in [-0.15, -0.1) is 0 Å². The lowest BCUT2D eigenvalue weighted by Gasteiger charge is -2.40. The molecule has 1 aromatic heterocycles. The van der Waals surface area contributed by atoms with Crippen LogP contribution in [0.3, 0.4) is 0 Å². The smallest absolute Gasteiger partial charge is 0.264 e. The molecule has 8 heteroatoms. The Labute approximate surface area is 200 Å². The quantitative estimate of drug-likeness (QED) is 0.505. The average molecular weight is 484 g/mol. The predicted octanol–water partition coefficient (Wildman–Crippen LogP) is 5.46. The lowest BCUT2D eigenvalue weighted by Crippen LogP contribution is -2.42. The first kappa shape index (κ1) is 24.1. The van der Waals surface area contributed by atoms with Gasteiger partial charge in [0.15, 0.2) is 0 Å². The maximum atomic E-state index is 14.1. The van der Waals surface area contributed by atoms with Crippen molar-refractivity contribution in [2.45, 2.75) is 44.9 Å². The van der Waals surface area contributed by atoms with Crippen molar-refractivity contribution in [1.82, 2.24) is 9.88 Å². The molecular weight excluding hydrogens is 453 g/mol. The second kappa shape index (κ2) is 9.33. The van der Waals surface area contributed by atoms with Crippen LogP contribution in [0.25, 0.3) is 10.9 Å². The van der Waals surface area contributed by atoms with Gasteiger partial charge in [0, 0.05) is 35.9 Å². The molecule has 1 saturated heterocycles. The van der Waals surface area contributed by atoms with Crippen molar-refractivity contribution in [2.75, 3.05) is 17.8 Å². The third-order valence-corrected chi connectivity index (χ3v) is 7.92. The van der Waals surface area contributed by atoms with Gasteiger partial charge < -0.3 is 4.90 Å². The number of carbonyl (C=O) groups is 1. The fourth-order valence-corrected chi connectivity index (χ4v) is 6.06. The van der Waals surface area contributed by atoms with Crippen molar-refractivity contribution < 1.29 is 17.6 Å². The molecule has 0 bridgehead atoms. The Morgan fingerprint density at radius 1 is 1.12 bits per heavy atom. The van der Waals surface area contributed by atoms with E-state index in [9.17, 15) is 17.6 Å². The number of benzene rings is 2. The lowest BCUT2D eigenvalue weighted by molar-refractivity contribution is 0.0570. The summed E-state index contributed by atoms with van der Waals surface area (Å²) in [4.78, 5) is 18.8. The van der Waals surface area contributed by atoms with Crippen molar-refractivity contribution >= 4 is 32.5 Å². The van der Waals surface area contributed by atoms with Gasteiger partial charge in [-0.05, 0) is 79.1 Å². The first-order chi connectivity index (χ1) is 16.1. The molecule has 0 saturated carbocycles. The molecule has 0 spiro atoms. The molecule has 0 aliphatic carbocycles. The third kappa shape index (κ3) is 5.06. The number of rotatable bonds is 6. The molecule has 2 heterocycles. The highest BCUT2D eigenvalue weighted by atomic mass is 32.2. The maximum Gasteiger partial charge on any atom is 0.264 e. The molecule has 2 aromatic carbocycles. The summed E-state index contributed by atoms with van der Waals surface area (Å²) >= 11 is 0. The highest BCUT2D eigenvalue weighted by Crippen LogP contribution is 2.37. The van der Waals surface area contributed by atoms with E-state index in [1.54, 1.807) is 30.3 Å². The van der Waals surface area contributed by atoms with Crippen LogP contribution in [0.4, 0.5) is 10.1 Å². The van der Waals surface area contributed by atoms with Crippen molar-refractivity contribution in [3.63, 3.8) is 0 Å². The molecule has 1 fully saturated rings. The number of amides is 1. The van der Waals surface area contributed by atoms with Crippen LogP contribution in [0.1, 0.15) is 50.4 Å². The number of piperidine rings is 1. The first-order valence-corrected chi connectivity index (χ1v) is 13.0. The summed E-state index contributed by atoms with van der Waals surface area (Å²) < 4.78 is 42.5. The van der Waals surface area contributed by atoms with Gasteiger partial charge in [-0.3, -0.25) is 14.5 Å². The van der Waals surface area contributed by atoms with Crippen LogP contribution in [0.2, 0.25) is 0 Å². The van der Waals surface area contributed by atoms with Crippen LogP contribution in [-0.4, -0.2) is 37.3 Å². The number of hydrogen-bond donors (Lipinski definition) is 1. The molecule has 1 aliphatic rings. The van der Waals surface area contributed by atoms with Crippen LogP contribution < -0.4 is 4.72 Å². The Morgan fingerprint density at radius 3 is 2.44 bits per heavy atom. The van der Waals surface area contributed by atoms with E-state index in [2.05, 4.69) is 30.5 Å². The van der Waals surface area contributed by atoms with E-state index in [0.717, 1.165) is 38.4 Å². The maximum absolute atomic E-state index is 14.1. The normalized spacial score (nSPS) is 16.1. The summed E-state index contributed by atoms with van der Waals surface area (Å²) in [6.07, 6.45) is 4.54. The Kier molecular flexibility index (Phi) is 6.62. The zero-order valence-electron chi connectivity index (χ0n) is 19.7. The van der Waals surface area contributed by atoms with Gasteiger partial charge in [0.05, 0.1) is 5.52 Å². The second-order valence-corrected chi connectivity index (χ2v) is 11.5. The molecule has 180 valence electrons. The average Bonchev–Trinajstić information content (AvgIpc) is 2.79. The number of nitrogens with zero attached hydrogens (tertiary/aromatic N) is 2. The number of likely N-dealkylation sites (tertiary alicyclic amines) is 1. The lowest BCUT2D eigenvalue weighted by atomic mass is 9.74. The number of hydrogen-bond acceptors (Lipinski definition) is 4. The Hall–Kier alpha value is -3.00. The zero-order chi connectivity index (χ0) is 24.5. The largest absolute Gasteiger partial charge is 0.339 e. The minimum atomic E-state index is -4.01. The number of nitrogens with one attached hydrogen (secondary N) is 1. The van der Waals surface area contributed by atoms with E-state index in [1.165, 1.54) is 18.3 Å². The monoisotopic (exact) mass is 483 g/mol. The van der Waals surface area contributed by atoms with E-state index in [0.29, 0.717) is 17.2 Å². The minimum absolute atomic E-state index is 0.0465. The number of pyridine rings is 1. The molecular formula is C26H30FN3O3S. The molecule has 0 radical (unpaired) electrons. The third-order valence-electron chi connectivity index (χ3n) is 6.51. The number of anilines is 1. The predicted molar refractivity (Wildman–Crippen MR) is 132 cm³/mol. The van der Waals surface area contributed by atoms with Gasteiger partial charge >= 0.3 is 0 Å². The van der Waals surface area contributed by atoms with E-state index in [4.69, 9.17) is 0 Å². The van der Waals surface area contributed by atoms with Gasteiger partial charge in [-0.25, -0.2) is 12.8 Å². The Bertz CT molecular complexity index is 1300. The van der Waals surface area contributed by atoms with Crippen molar-refractivity contribution in [3.05, 3.63) is 66.1 Å². The van der Waals surface area contributed by atoms with E-state index in [-0.39, 0.29) is 27.1 Å². The van der Waals surface area contributed by atoms with Crippen molar-refractivity contribution in [1.29, 1.82) is 0 Å². The molecule has 1 amide bonds. The van der Waals surface area contributed by atoms with E-state index >= 15 is 0 Å². The summed E-state index contributed by atoms with van der Waals surface area (Å²) in [5, 5.41) is 0.136. The van der Waals surface area contributed by atoms with Crippen molar-refractivity contribution in [2.24, 2.45) is 11.3 Å². The SMILES string of the molecule is CC(C)CC1(C)CCN(C(=O)c2ccc(NS(=O)(=O)c3ccc(F)c4cccnc34)cc2)CC1. The summed E-state index contributed by atoms with van der Waals surface area (Å²) in [5.41, 5.74) is 1.17. The minimum Gasteiger partial charge on any atom is -0.339 e. The van der Waals surface area contributed by atoms with Crippen LogP contribution in [-0.2, 0) is 10.0 Å². The topological polar surface area (TPSA) is 79.4 Å². The molecule has 4 rings (SSSR count). The number of fused-ring (bicyclic) bond motifs is 1. The first-order valence-electron chi connectivity index (χ1n) is 11.5. The zero-order valence-corrected chi connectivity index (χ0v) is 20.5. The highest BCUT2D eigenvalue weighted by molar-refractivity contribution is 7.93. The Balaban J connectivity index is 1.46. The second-order valence-electron chi connectivity index (χ2n) is 9.83. The molecule has 0 atom stereocenters. The number of aromatic nitrogens is 1. The van der Waals surface area contributed by atoms with Crippen LogP contribution in [0.15, 0.2) is 59.6 Å². The van der Waals surface area contributed by atoms with Gasteiger partial charge in [-0.1, -0.05) is 20.8 Å².